The monoisotopic (exact) mass is 307 g/mol. The Morgan fingerprint density at radius 1 is 1.19 bits per heavy atom. The molecule has 0 atom stereocenters. The molecular formula is C12H11N4O4S-. The number of carbonyl (C=O) groups excluding carboxylic acids is 1. The van der Waals surface area contributed by atoms with E-state index in [0.717, 1.165) is 0 Å². The number of amides is 1. The lowest BCUT2D eigenvalue weighted by molar-refractivity contribution is 0.187. The molecule has 1 aromatic carbocycles. The third kappa shape index (κ3) is 3.89. The lowest BCUT2D eigenvalue weighted by Crippen LogP contribution is -2.10. The molecule has 2 rings (SSSR count). The van der Waals surface area contributed by atoms with Crippen LogP contribution in [0.15, 0.2) is 47.6 Å². The summed E-state index contributed by atoms with van der Waals surface area (Å²) in [5.41, 5.74) is 0.400. The summed E-state index contributed by atoms with van der Waals surface area (Å²) in [5.74, 6) is -0.144. The summed E-state index contributed by atoms with van der Waals surface area (Å²) in [6.45, 7) is 0. The standard InChI is InChI=1S/C12H12N4O4S/c1-20-12(17)15-9-3-5-10(6-4-9)21(18,19)16-11-13-7-2-8-14-11/h2-8H,1H3,(H2,13,14,15,16,17)/p-1. The Labute approximate surface area is 121 Å². The third-order valence-corrected chi connectivity index (χ3v) is 3.61. The number of ether oxygens (including phenoxy) is 1. The van der Waals surface area contributed by atoms with Crippen LogP contribution in [0.4, 0.5) is 16.4 Å². The summed E-state index contributed by atoms with van der Waals surface area (Å²) < 4.78 is 32.0. The Kier molecular flexibility index (Phi) is 4.33. The summed E-state index contributed by atoms with van der Waals surface area (Å²) in [4.78, 5) is 18.4. The molecular weight excluding hydrogens is 296 g/mol. The van der Waals surface area contributed by atoms with E-state index in [0.29, 0.717) is 5.69 Å². The quantitative estimate of drug-likeness (QED) is 0.925. The first-order valence-electron chi connectivity index (χ1n) is 5.71. The van der Waals surface area contributed by atoms with Crippen LogP contribution in [-0.2, 0) is 14.8 Å². The molecule has 0 unspecified atom stereocenters. The molecule has 9 heteroatoms. The van der Waals surface area contributed by atoms with E-state index in [1.807, 2.05) is 0 Å². The average Bonchev–Trinajstić information content (AvgIpc) is 2.48. The topological polar surface area (TPSA) is 112 Å². The van der Waals surface area contributed by atoms with Crippen LogP contribution < -0.4 is 5.32 Å². The summed E-state index contributed by atoms with van der Waals surface area (Å²) >= 11 is 0. The average molecular weight is 307 g/mol. The third-order valence-electron chi connectivity index (χ3n) is 2.34. The van der Waals surface area contributed by atoms with E-state index in [4.69, 9.17) is 0 Å². The van der Waals surface area contributed by atoms with Crippen LogP contribution in [0.25, 0.3) is 4.72 Å². The lowest BCUT2D eigenvalue weighted by atomic mass is 10.3. The number of sulfonamides is 1. The van der Waals surface area contributed by atoms with Crippen molar-refractivity contribution in [3.8, 4) is 0 Å². The van der Waals surface area contributed by atoms with Gasteiger partial charge in [-0.25, -0.2) is 13.2 Å². The molecule has 21 heavy (non-hydrogen) atoms. The van der Waals surface area contributed by atoms with Crippen LogP contribution in [0.2, 0.25) is 0 Å². The Balaban J connectivity index is 2.15. The molecule has 1 heterocycles. The molecule has 1 N–H and O–H groups in total. The fourth-order valence-electron chi connectivity index (χ4n) is 1.38. The highest BCUT2D eigenvalue weighted by molar-refractivity contribution is 7.94. The summed E-state index contributed by atoms with van der Waals surface area (Å²) in [5, 5.41) is 2.41. The number of carbonyl (C=O) groups is 1. The molecule has 0 bridgehead atoms. The maximum Gasteiger partial charge on any atom is 0.411 e. The minimum atomic E-state index is -3.91. The smallest absolute Gasteiger partial charge is 0.411 e. The Hall–Kier alpha value is -2.68. The van der Waals surface area contributed by atoms with Gasteiger partial charge >= 0.3 is 6.09 Å². The Morgan fingerprint density at radius 3 is 2.38 bits per heavy atom. The van der Waals surface area contributed by atoms with Crippen molar-refractivity contribution in [3.05, 3.63) is 47.4 Å². The number of benzene rings is 1. The van der Waals surface area contributed by atoms with E-state index >= 15 is 0 Å². The van der Waals surface area contributed by atoms with E-state index in [9.17, 15) is 13.2 Å². The van der Waals surface area contributed by atoms with Crippen LogP contribution in [0.3, 0.4) is 0 Å². The summed E-state index contributed by atoms with van der Waals surface area (Å²) in [6, 6.07) is 7.02. The number of methoxy groups -OCH3 is 1. The minimum absolute atomic E-state index is 0.0367. The predicted molar refractivity (Wildman–Crippen MR) is 74.7 cm³/mol. The van der Waals surface area contributed by atoms with Gasteiger partial charge in [0.15, 0.2) is 0 Å². The largest absolute Gasteiger partial charge is 0.453 e. The summed E-state index contributed by atoms with van der Waals surface area (Å²) in [7, 11) is -2.68. The van der Waals surface area contributed by atoms with Crippen molar-refractivity contribution >= 4 is 27.8 Å². The fourth-order valence-corrected chi connectivity index (χ4v) is 2.27. The molecule has 0 saturated carbocycles. The van der Waals surface area contributed by atoms with Gasteiger partial charge in [0.25, 0.3) is 0 Å². The number of rotatable bonds is 4. The molecule has 0 radical (unpaired) electrons. The molecule has 1 aromatic heterocycles. The molecule has 0 aliphatic rings. The molecule has 2 aromatic rings. The summed E-state index contributed by atoms with van der Waals surface area (Å²) in [6.07, 6.45) is 2.14. The molecule has 0 saturated heterocycles. The van der Waals surface area contributed by atoms with E-state index in [1.165, 1.54) is 43.8 Å². The number of anilines is 1. The zero-order valence-electron chi connectivity index (χ0n) is 10.9. The fraction of sp³-hybridized carbons (Fsp3) is 0.0833. The predicted octanol–water partition coefficient (Wildman–Crippen LogP) is 2.05. The highest BCUT2D eigenvalue weighted by atomic mass is 32.2. The van der Waals surface area contributed by atoms with E-state index in [2.05, 4.69) is 24.7 Å². The van der Waals surface area contributed by atoms with Gasteiger partial charge in [0.05, 0.1) is 12.0 Å². The zero-order chi connectivity index (χ0) is 15.3. The highest BCUT2D eigenvalue weighted by Gasteiger charge is 2.12. The molecule has 0 spiro atoms. The number of nitrogens with one attached hydrogen (secondary N) is 1. The molecule has 1 amide bonds. The van der Waals surface area contributed by atoms with Crippen molar-refractivity contribution in [2.75, 3.05) is 12.4 Å². The highest BCUT2D eigenvalue weighted by Crippen LogP contribution is 2.24. The van der Waals surface area contributed by atoms with Crippen molar-refractivity contribution in [3.63, 3.8) is 0 Å². The van der Waals surface area contributed by atoms with Gasteiger partial charge < -0.3 is 14.7 Å². The first-order chi connectivity index (χ1) is 10.0. The van der Waals surface area contributed by atoms with E-state index in [1.54, 1.807) is 6.07 Å². The van der Waals surface area contributed by atoms with Gasteiger partial charge in [-0.3, -0.25) is 10.0 Å². The second kappa shape index (κ2) is 6.18. The van der Waals surface area contributed by atoms with Gasteiger partial charge in [0.2, 0.25) is 10.0 Å². The van der Waals surface area contributed by atoms with Crippen LogP contribution in [-0.4, -0.2) is 31.6 Å². The lowest BCUT2D eigenvalue weighted by Gasteiger charge is -2.12. The molecule has 0 aliphatic heterocycles. The number of hydrogen-bond donors (Lipinski definition) is 1. The number of aromatic nitrogens is 2. The molecule has 0 aliphatic carbocycles. The Bertz CT molecular complexity index is 717. The number of hydrogen-bond acceptors (Lipinski definition) is 6. The zero-order valence-corrected chi connectivity index (χ0v) is 11.7. The van der Waals surface area contributed by atoms with Crippen LogP contribution in [0, 0.1) is 0 Å². The SMILES string of the molecule is COC(=O)Nc1ccc(S(=O)(=O)[N-]c2ncccn2)cc1. The molecule has 8 nitrogen and oxygen atoms in total. The van der Waals surface area contributed by atoms with Crippen LogP contribution in [0.5, 0.6) is 0 Å². The number of nitrogens with zero attached hydrogens (tertiary/aromatic N) is 3. The van der Waals surface area contributed by atoms with Gasteiger partial charge in [-0.15, -0.1) is 0 Å². The van der Waals surface area contributed by atoms with Crippen molar-refractivity contribution in [2.45, 2.75) is 4.90 Å². The molecule has 110 valence electrons. The van der Waals surface area contributed by atoms with E-state index in [-0.39, 0.29) is 10.8 Å². The maximum absolute atomic E-state index is 12.0. The van der Waals surface area contributed by atoms with Crippen molar-refractivity contribution < 1.29 is 17.9 Å². The van der Waals surface area contributed by atoms with Crippen LogP contribution in [0.1, 0.15) is 0 Å². The van der Waals surface area contributed by atoms with Gasteiger partial charge in [-0.2, -0.15) is 0 Å². The first kappa shape index (κ1) is 14.7. The second-order valence-electron chi connectivity index (χ2n) is 3.76. The van der Waals surface area contributed by atoms with Crippen molar-refractivity contribution in [2.24, 2.45) is 0 Å². The maximum atomic E-state index is 12.0. The van der Waals surface area contributed by atoms with Crippen molar-refractivity contribution in [1.29, 1.82) is 0 Å². The minimum Gasteiger partial charge on any atom is -0.453 e. The van der Waals surface area contributed by atoms with Gasteiger partial charge in [-0.1, -0.05) is 6.07 Å². The van der Waals surface area contributed by atoms with Crippen LogP contribution >= 0.6 is 0 Å². The second-order valence-corrected chi connectivity index (χ2v) is 5.36. The molecule has 0 fully saturated rings. The normalized spacial score (nSPS) is 10.7. The first-order valence-corrected chi connectivity index (χ1v) is 7.15. The van der Waals surface area contributed by atoms with Gasteiger partial charge in [0.1, 0.15) is 0 Å². The van der Waals surface area contributed by atoms with Crippen molar-refractivity contribution in [1.82, 2.24) is 9.97 Å². The van der Waals surface area contributed by atoms with Gasteiger partial charge in [-0.05, 0) is 36.7 Å². The van der Waals surface area contributed by atoms with Gasteiger partial charge in [0, 0.05) is 11.6 Å². The van der Waals surface area contributed by atoms with E-state index < -0.39 is 16.1 Å². The Morgan fingerprint density at radius 2 is 1.81 bits per heavy atom.